The molecular weight excluding hydrogens is 416 g/mol. The summed E-state index contributed by atoms with van der Waals surface area (Å²) in [4.78, 5) is 12.8. The lowest BCUT2D eigenvalue weighted by Gasteiger charge is -2.23. The third-order valence-electron chi connectivity index (χ3n) is 5.15. The molecule has 1 aliphatic heterocycles. The van der Waals surface area contributed by atoms with Crippen LogP contribution in [0, 0.1) is 18.3 Å². The number of carbonyl (C=O) groups excluding carboxylic acids is 1. The normalized spacial score (nSPS) is 14.1. The second kappa shape index (κ2) is 9.21. The SMILES string of the molecule is Cc1c(C(=O)Nc2ccc(OC3CCOCC3)c(C#N)c2)cnn1-c1ccc(Cl)cc1. The second-order valence-electron chi connectivity index (χ2n) is 7.24. The molecule has 0 aliphatic carbocycles. The number of carbonyl (C=O) groups is 1. The van der Waals surface area contributed by atoms with Crippen molar-refractivity contribution < 1.29 is 14.3 Å². The first-order valence-corrected chi connectivity index (χ1v) is 10.3. The van der Waals surface area contributed by atoms with Crippen molar-refractivity contribution in [2.24, 2.45) is 0 Å². The van der Waals surface area contributed by atoms with Gasteiger partial charge in [-0.25, -0.2) is 4.68 Å². The van der Waals surface area contributed by atoms with Gasteiger partial charge in [-0.1, -0.05) is 11.6 Å². The number of hydrogen-bond donors (Lipinski definition) is 1. The number of nitriles is 1. The maximum Gasteiger partial charge on any atom is 0.259 e. The Bertz CT molecular complexity index is 1130. The number of amides is 1. The molecular formula is C23H21ClN4O3. The van der Waals surface area contributed by atoms with Gasteiger partial charge in [0, 0.05) is 23.6 Å². The van der Waals surface area contributed by atoms with Crippen molar-refractivity contribution in [3.8, 4) is 17.5 Å². The van der Waals surface area contributed by atoms with Crippen LogP contribution in [0.15, 0.2) is 48.7 Å². The first-order valence-electron chi connectivity index (χ1n) is 9.95. The topological polar surface area (TPSA) is 89.2 Å². The van der Waals surface area contributed by atoms with Crippen molar-refractivity contribution in [3.05, 3.63) is 70.5 Å². The van der Waals surface area contributed by atoms with E-state index in [9.17, 15) is 10.1 Å². The number of nitrogens with one attached hydrogen (secondary N) is 1. The third-order valence-corrected chi connectivity index (χ3v) is 5.40. The van der Waals surface area contributed by atoms with Gasteiger partial charge in [-0.3, -0.25) is 4.79 Å². The van der Waals surface area contributed by atoms with E-state index < -0.39 is 0 Å². The van der Waals surface area contributed by atoms with Crippen molar-refractivity contribution in [2.75, 3.05) is 18.5 Å². The van der Waals surface area contributed by atoms with E-state index in [1.807, 2.05) is 19.1 Å². The highest BCUT2D eigenvalue weighted by Gasteiger charge is 2.19. The second-order valence-corrected chi connectivity index (χ2v) is 7.67. The predicted octanol–water partition coefficient (Wildman–Crippen LogP) is 4.52. The van der Waals surface area contributed by atoms with Gasteiger partial charge in [0.1, 0.15) is 17.9 Å². The maximum absolute atomic E-state index is 12.8. The number of anilines is 1. The number of halogens is 1. The summed E-state index contributed by atoms with van der Waals surface area (Å²) >= 11 is 5.94. The van der Waals surface area contributed by atoms with Crippen LogP contribution in [0.3, 0.4) is 0 Å². The minimum Gasteiger partial charge on any atom is -0.489 e. The van der Waals surface area contributed by atoms with Crippen LogP contribution < -0.4 is 10.1 Å². The van der Waals surface area contributed by atoms with Crippen molar-refractivity contribution >= 4 is 23.2 Å². The standard InChI is InChI=1S/C23H21ClN4O3/c1-15-21(14-26-28(15)19-5-2-17(24)3-6-19)23(29)27-18-4-7-22(16(12-18)13-25)31-20-8-10-30-11-9-20/h2-7,12,14,20H,8-11H2,1H3,(H,27,29). The molecule has 0 unspecified atom stereocenters. The van der Waals surface area contributed by atoms with Gasteiger partial charge in [-0.15, -0.1) is 0 Å². The molecule has 7 nitrogen and oxygen atoms in total. The average molecular weight is 437 g/mol. The van der Waals surface area contributed by atoms with Crippen LogP contribution in [0.5, 0.6) is 5.75 Å². The van der Waals surface area contributed by atoms with E-state index in [0.29, 0.717) is 46.5 Å². The zero-order chi connectivity index (χ0) is 21.8. The minimum absolute atomic E-state index is 0.0302. The van der Waals surface area contributed by atoms with Gasteiger partial charge < -0.3 is 14.8 Å². The largest absolute Gasteiger partial charge is 0.489 e. The molecule has 0 saturated carbocycles. The molecule has 4 rings (SSSR count). The molecule has 8 heteroatoms. The van der Waals surface area contributed by atoms with Crippen molar-refractivity contribution in [2.45, 2.75) is 25.9 Å². The Kier molecular flexibility index (Phi) is 6.21. The molecule has 0 atom stereocenters. The quantitative estimate of drug-likeness (QED) is 0.635. The lowest BCUT2D eigenvalue weighted by molar-refractivity contribution is 0.0254. The Morgan fingerprint density at radius 3 is 2.71 bits per heavy atom. The Balaban J connectivity index is 1.49. The van der Waals surface area contributed by atoms with E-state index in [0.717, 1.165) is 18.5 Å². The number of hydrogen-bond acceptors (Lipinski definition) is 5. The van der Waals surface area contributed by atoms with Crippen LogP contribution in [0.25, 0.3) is 5.69 Å². The molecule has 1 fully saturated rings. The van der Waals surface area contributed by atoms with Crippen LogP contribution in [0.1, 0.15) is 34.5 Å². The molecule has 3 aromatic rings. The van der Waals surface area contributed by atoms with Crippen LogP contribution in [0.2, 0.25) is 5.02 Å². The van der Waals surface area contributed by atoms with Crippen LogP contribution >= 0.6 is 11.6 Å². The van der Waals surface area contributed by atoms with E-state index in [-0.39, 0.29) is 12.0 Å². The summed E-state index contributed by atoms with van der Waals surface area (Å²) in [7, 11) is 0. The van der Waals surface area contributed by atoms with Gasteiger partial charge in [0.15, 0.2) is 0 Å². The molecule has 0 spiro atoms. The number of rotatable bonds is 5. The number of nitrogens with zero attached hydrogens (tertiary/aromatic N) is 3. The van der Waals surface area contributed by atoms with Crippen LogP contribution in [-0.2, 0) is 4.74 Å². The molecule has 0 bridgehead atoms. The van der Waals surface area contributed by atoms with E-state index in [1.165, 1.54) is 6.20 Å². The predicted molar refractivity (Wildman–Crippen MR) is 117 cm³/mol. The highest BCUT2D eigenvalue weighted by Crippen LogP contribution is 2.26. The number of benzene rings is 2. The van der Waals surface area contributed by atoms with E-state index in [1.54, 1.807) is 35.0 Å². The molecule has 31 heavy (non-hydrogen) atoms. The molecule has 1 amide bonds. The van der Waals surface area contributed by atoms with Crippen molar-refractivity contribution in [3.63, 3.8) is 0 Å². The van der Waals surface area contributed by atoms with Crippen molar-refractivity contribution in [1.82, 2.24) is 9.78 Å². The fourth-order valence-corrected chi connectivity index (χ4v) is 3.57. The van der Waals surface area contributed by atoms with Gasteiger partial charge in [-0.2, -0.15) is 10.4 Å². The molecule has 1 N–H and O–H groups in total. The van der Waals surface area contributed by atoms with Crippen LogP contribution in [0.4, 0.5) is 5.69 Å². The zero-order valence-electron chi connectivity index (χ0n) is 17.0. The van der Waals surface area contributed by atoms with Gasteiger partial charge in [0.05, 0.1) is 41.9 Å². The summed E-state index contributed by atoms with van der Waals surface area (Å²) in [5, 5.41) is 17.3. The van der Waals surface area contributed by atoms with Crippen LogP contribution in [-0.4, -0.2) is 35.0 Å². The lowest BCUT2D eigenvalue weighted by atomic mass is 10.1. The molecule has 1 aromatic heterocycles. The van der Waals surface area contributed by atoms with Gasteiger partial charge in [0.25, 0.3) is 5.91 Å². The summed E-state index contributed by atoms with van der Waals surface area (Å²) < 4.78 is 13.0. The van der Waals surface area contributed by atoms with Gasteiger partial charge in [0.2, 0.25) is 0 Å². The third kappa shape index (κ3) is 4.71. The first-order chi connectivity index (χ1) is 15.0. The number of aromatic nitrogens is 2. The summed E-state index contributed by atoms with van der Waals surface area (Å²) in [5.74, 6) is 0.207. The highest BCUT2D eigenvalue weighted by molar-refractivity contribution is 6.30. The zero-order valence-corrected chi connectivity index (χ0v) is 17.7. The fourth-order valence-electron chi connectivity index (χ4n) is 3.44. The molecule has 2 aromatic carbocycles. The van der Waals surface area contributed by atoms with E-state index >= 15 is 0 Å². The lowest BCUT2D eigenvalue weighted by Crippen LogP contribution is -2.26. The molecule has 1 aliphatic rings. The van der Waals surface area contributed by atoms with Crippen molar-refractivity contribution in [1.29, 1.82) is 5.26 Å². The first kappa shape index (κ1) is 20.9. The van der Waals surface area contributed by atoms with E-state index in [4.69, 9.17) is 21.1 Å². The average Bonchev–Trinajstić information content (AvgIpc) is 3.17. The van der Waals surface area contributed by atoms with Gasteiger partial charge in [-0.05, 0) is 49.4 Å². The monoisotopic (exact) mass is 436 g/mol. The summed E-state index contributed by atoms with van der Waals surface area (Å²) in [5.41, 5.74) is 2.83. The Morgan fingerprint density at radius 2 is 2.00 bits per heavy atom. The van der Waals surface area contributed by atoms with E-state index in [2.05, 4.69) is 16.5 Å². The Labute approximate surface area is 185 Å². The summed E-state index contributed by atoms with van der Waals surface area (Å²) in [6, 6.07) is 14.4. The highest BCUT2D eigenvalue weighted by atomic mass is 35.5. The smallest absolute Gasteiger partial charge is 0.259 e. The Morgan fingerprint density at radius 1 is 1.26 bits per heavy atom. The summed E-state index contributed by atoms with van der Waals surface area (Å²) in [6.45, 7) is 3.13. The van der Waals surface area contributed by atoms with Gasteiger partial charge >= 0.3 is 0 Å². The maximum atomic E-state index is 12.8. The Hall–Kier alpha value is -3.34. The fraction of sp³-hybridized carbons (Fsp3) is 0.261. The summed E-state index contributed by atoms with van der Waals surface area (Å²) in [6.07, 6.45) is 3.13. The minimum atomic E-state index is -0.306. The molecule has 0 radical (unpaired) electrons. The molecule has 1 saturated heterocycles. The molecule has 2 heterocycles. The number of ether oxygens (including phenoxy) is 2. The molecule has 158 valence electrons.